The average molecular weight is 293 g/mol. The van der Waals surface area contributed by atoms with E-state index in [-0.39, 0.29) is 25.7 Å². The first-order chi connectivity index (χ1) is 9.97. The minimum absolute atomic E-state index is 0.0599. The van der Waals surface area contributed by atoms with Crippen LogP contribution >= 0.6 is 0 Å². The average Bonchev–Trinajstić information content (AvgIpc) is 2.46. The maximum atomic E-state index is 12.1. The van der Waals surface area contributed by atoms with Crippen LogP contribution in [-0.2, 0) is 14.3 Å². The SMILES string of the molecule is Cc1ccc(OCC(=O)N2CCO[C@@H](C(=O)O)C2)c(C)c1. The van der Waals surface area contributed by atoms with Crippen LogP contribution in [0.3, 0.4) is 0 Å². The van der Waals surface area contributed by atoms with E-state index in [9.17, 15) is 9.59 Å². The van der Waals surface area contributed by atoms with Crippen molar-refractivity contribution in [3.05, 3.63) is 29.3 Å². The molecule has 1 heterocycles. The normalized spacial score (nSPS) is 18.4. The van der Waals surface area contributed by atoms with E-state index >= 15 is 0 Å². The van der Waals surface area contributed by atoms with Crippen molar-refractivity contribution in [1.29, 1.82) is 0 Å². The molecular weight excluding hydrogens is 274 g/mol. The molecule has 6 nitrogen and oxygen atoms in total. The van der Waals surface area contributed by atoms with Crippen LogP contribution in [0.15, 0.2) is 18.2 Å². The minimum Gasteiger partial charge on any atom is -0.484 e. The number of morpholine rings is 1. The molecule has 0 unspecified atom stereocenters. The highest BCUT2D eigenvalue weighted by molar-refractivity contribution is 5.79. The van der Waals surface area contributed by atoms with E-state index in [1.807, 2.05) is 32.0 Å². The summed E-state index contributed by atoms with van der Waals surface area (Å²) in [6.45, 7) is 4.48. The minimum atomic E-state index is -1.05. The molecule has 1 saturated heterocycles. The number of benzene rings is 1. The predicted molar refractivity (Wildman–Crippen MR) is 75.4 cm³/mol. The summed E-state index contributed by atoms with van der Waals surface area (Å²) >= 11 is 0. The summed E-state index contributed by atoms with van der Waals surface area (Å²) in [7, 11) is 0. The Morgan fingerprint density at radius 3 is 2.86 bits per heavy atom. The topological polar surface area (TPSA) is 76.1 Å². The molecule has 1 fully saturated rings. The fourth-order valence-corrected chi connectivity index (χ4v) is 2.22. The number of carboxylic acids is 1. The molecule has 0 radical (unpaired) electrons. The monoisotopic (exact) mass is 293 g/mol. The van der Waals surface area contributed by atoms with Gasteiger partial charge < -0.3 is 19.5 Å². The highest BCUT2D eigenvalue weighted by Crippen LogP contribution is 2.18. The van der Waals surface area contributed by atoms with Crippen molar-refractivity contribution in [2.45, 2.75) is 20.0 Å². The van der Waals surface area contributed by atoms with Gasteiger partial charge in [-0.1, -0.05) is 17.7 Å². The van der Waals surface area contributed by atoms with E-state index in [0.717, 1.165) is 11.1 Å². The van der Waals surface area contributed by atoms with Crippen molar-refractivity contribution in [3.63, 3.8) is 0 Å². The third-order valence-corrected chi connectivity index (χ3v) is 3.38. The number of nitrogens with zero attached hydrogens (tertiary/aromatic N) is 1. The molecule has 1 aliphatic rings. The molecule has 0 aliphatic carbocycles. The molecule has 1 aromatic carbocycles. The Balaban J connectivity index is 1.90. The van der Waals surface area contributed by atoms with Crippen LogP contribution in [0, 0.1) is 13.8 Å². The zero-order chi connectivity index (χ0) is 15.4. The molecule has 0 aromatic heterocycles. The molecule has 1 aromatic rings. The highest BCUT2D eigenvalue weighted by atomic mass is 16.5. The van der Waals surface area contributed by atoms with E-state index in [1.54, 1.807) is 0 Å². The number of hydrogen-bond donors (Lipinski definition) is 1. The number of carbonyl (C=O) groups is 2. The lowest BCUT2D eigenvalue weighted by Gasteiger charge is -2.30. The summed E-state index contributed by atoms with van der Waals surface area (Å²) in [5.41, 5.74) is 2.09. The van der Waals surface area contributed by atoms with Gasteiger partial charge in [-0.3, -0.25) is 4.79 Å². The van der Waals surface area contributed by atoms with Gasteiger partial charge >= 0.3 is 5.97 Å². The fraction of sp³-hybridized carbons (Fsp3) is 0.467. The second-order valence-electron chi connectivity index (χ2n) is 5.10. The maximum Gasteiger partial charge on any atom is 0.334 e. The van der Waals surface area contributed by atoms with Crippen molar-refractivity contribution in [3.8, 4) is 5.75 Å². The van der Waals surface area contributed by atoms with Gasteiger partial charge in [0.25, 0.3) is 5.91 Å². The molecule has 6 heteroatoms. The van der Waals surface area contributed by atoms with Crippen LogP contribution in [-0.4, -0.2) is 54.3 Å². The zero-order valence-corrected chi connectivity index (χ0v) is 12.2. The smallest absolute Gasteiger partial charge is 0.334 e. The van der Waals surface area contributed by atoms with Crippen LogP contribution in [0.4, 0.5) is 0 Å². The van der Waals surface area contributed by atoms with Crippen LogP contribution in [0.25, 0.3) is 0 Å². The number of aryl methyl sites for hydroxylation is 2. The van der Waals surface area contributed by atoms with Crippen molar-refractivity contribution < 1.29 is 24.2 Å². The zero-order valence-electron chi connectivity index (χ0n) is 12.2. The summed E-state index contributed by atoms with van der Waals surface area (Å²) in [5, 5.41) is 8.91. The summed E-state index contributed by atoms with van der Waals surface area (Å²) < 4.78 is 10.6. The van der Waals surface area contributed by atoms with Gasteiger partial charge in [0.15, 0.2) is 12.7 Å². The highest BCUT2D eigenvalue weighted by Gasteiger charge is 2.29. The van der Waals surface area contributed by atoms with Gasteiger partial charge in [0.05, 0.1) is 13.2 Å². The molecule has 1 aliphatic heterocycles. The second kappa shape index (κ2) is 6.58. The molecule has 0 spiro atoms. The van der Waals surface area contributed by atoms with Gasteiger partial charge in [-0.15, -0.1) is 0 Å². The Kier molecular flexibility index (Phi) is 4.80. The maximum absolute atomic E-state index is 12.1. The number of ether oxygens (including phenoxy) is 2. The Hall–Kier alpha value is -2.08. The molecular formula is C15H19NO5. The lowest BCUT2D eigenvalue weighted by atomic mass is 10.1. The first kappa shape index (κ1) is 15.3. The summed E-state index contributed by atoms with van der Waals surface area (Å²) in [6.07, 6.45) is -0.955. The Morgan fingerprint density at radius 1 is 1.43 bits per heavy atom. The van der Waals surface area contributed by atoms with Crippen molar-refractivity contribution in [1.82, 2.24) is 4.90 Å². The number of carbonyl (C=O) groups excluding carboxylic acids is 1. The van der Waals surface area contributed by atoms with E-state index < -0.39 is 12.1 Å². The molecule has 114 valence electrons. The molecule has 1 N–H and O–H groups in total. The third kappa shape index (κ3) is 3.95. The molecule has 0 saturated carbocycles. The molecule has 0 bridgehead atoms. The third-order valence-electron chi connectivity index (χ3n) is 3.38. The van der Waals surface area contributed by atoms with Gasteiger partial charge in [0.1, 0.15) is 5.75 Å². The van der Waals surface area contributed by atoms with Crippen LogP contribution < -0.4 is 4.74 Å². The molecule has 1 atom stereocenters. The van der Waals surface area contributed by atoms with Crippen molar-refractivity contribution in [2.75, 3.05) is 26.3 Å². The van der Waals surface area contributed by atoms with E-state index in [2.05, 4.69) is 0 Å². The predicted octanol–water partition coefficient (Wildman–Crippen LogP) is 0.994. The number of amides is 1. The number of aliphatic carboxylic acids is 1. The quantitative estimate of drug-likeness (QED) is 0.896. The first-order valence-corrected chi connectivity index (χ1v) is 6.79. The second-order valence-corrected chi connectivity index (χ2v) is 5.10. The van der Waals surface area contributed by atoms with Crippen molar-refractivity contribution in [2.24, 2.45) is 0 Å². The first-order valence-electron chi connectivity index (χ1n) is 6.79. The van der Waals surface area contributed by atoms with Gasteiger partial charge in [-0.25, -0.2) is 4.79 Å². The van der Waals surface area contributed by atoms with E-state index in [1.165, 1.54) is 4.90 Å². The molecule has 1 amide bonds. The van der Waals surface area contributed by atoms with E-state index in [0.29, 0.717) is 12.3 Å². The number of hydrogen-bond acceptors (Lipinski definition) is 4. The molecule has 2 rings (SSSR count). The largest absolute Gasteiger partial charge is 0.484 e. The summed E-state index contributed by atoms with van der Waals surface area (Å²) in [5.74, 6) is -0.621. The van der Waals surface area contributed by atoms with Crippen molar-refractivity contribution >= 4 is 11.9 Å². The van der Waals surface area contributed by atoms with Gasteiger partial charge in [-0.05, 0) is 25.5 Å². The standard InChI is InChI=1S/C15H19NO5/c1-10-3-4-12(11(2)7-10)21-9-14(17)16-5-6-20-13(8-16)15(18)19/h3-4,7,13H,5-6,8-9H2,1-2H3,(H,18,19)/t13-/m1/s1. The van der Waals surface area contributed by atoms with Crippen LogP contribution in [0.2, 0.25) is 0 Å². The Morgan fingerprint density at radius 2 is 2.19 bits per heavy atom. The molecule has 21 heavy (non-hydrogen) atoms. The fourth-order valence-electron chi connectivity index (χ4n) is 2.22. The Labute approximate surface area is 123 Å². The van der Waals surface area contributed by atoms with Gasteiger partial charge in [0.2, 0.25) is 0 Å². The summed E-state index contributed by atoms with van der Waals surface area (Å²) in [6, 6.07) is 5.73. The number of rotatable bonds is 4. The van der Waals surface area contributed by atoms with E-state index in [4.69, 9.17) is 14.6 Å². The number of carboxylic acid groups (broad SMARTS) is 1. The van der Waals surface area contributed by atoms with Gasteiger partial charge in [-0.2, -0.15) is 0 Å². The lowest BCUT2D eigenvalue weighted by molar-refractivity contribution is -0.159. The van der Waals surface area contributed by atoms with Crippen LogP contribution in [0.5, 0.6) is 5.75 Å². The lowest BCUT2D eigenvalue weighted by Crippen LogP contribution is -2.49. The Bertz CT molecular complexity index is 543. The summed E-state index contributed by atoms with van der Waals surface area (Å²) in [4.78, 5) is 24.4. The van der Waals surface area contributed by atoms with Gasteiger partial charge in [0, 0.05) is 6.54 Å². The van der Waals surface area contributed by atoms with Crippen LogP contribution in [0.1, 0.15) is 11.1 Å².